The van der Waals surface area contributed by atoms with E-state index in [0.717, 1.165) is 21.5 Å². The summed E-state index contributed by atoms with van der Waals surface area (Å²) in [6, 6.07) is 11.8. The number of pyridine rings is 1. The van der Waals surface area contributed by atoms with Crippen LogP contribution in [0.3, 0.4) is 0 Å². The highest BCUT2D eigenvalue weighted by Crippen LogP contribution is 2.33. The Balaban J connectivity index is 2.59. The second kappa shape index (κ2) is 4.45. The van der Waals surface area contributed by atoms with Crippen LogP contribution < -0.4 is 4.74 Å². The minimum Gasteiger partial charge on any atom is -0.496 e. The van der Waals surface area contributed by atoms with E-state index in [-0.39, 0.29) is 0 Å². The molecule has 0 unspecified atom stereocenters. The molecule has 15 heavy (non-hydrogen) atoms. The van der Waals surface area contributed by atoms with E-state index in [1.807, 2.05) is 36.4 Å². The molecule has 0 aliphatic rings. The van der Waals surface area contributed by atoms with Crippen molar-refractivity contribution in [3.8, 4) is 16.9 Å². The van der Waals surface area contributed by atoms with E-state index in [1.165, 1.54) is 0 Å². The number of hydrogen-bond donors (Lipinski definition) is 0. The van der Waals surface area contributed by atoms with Gasteiger partial charge in [0.25, 0.3) is 0 Å². The molecule has 0 amide bonds. The summed E-state index contributed by atoms with van der Waals surface area (Å²) < 4.78 is 6.13. The van der Waals surface area contributed by atoms with Crippen molar-refractivity contribution in [3.63, 3.8) is 0 Å². The number of aromatic nitrogens is 1. The second-order valence-electron chi connectivity index (χ2n) is 3.04. The molecule has 1 heterocycles. The maximum atomic E-state index is 5.31. The second-order valence-corrected chi connectivity index (χ2v) is 3.79. The van der Waals surface area contributed by atoms with E-state index >= 15 is 0 Å². The summed E-state index contributed by atoms with van der Waals surface area (Å²) in [5, 5.41) is 0. The summed E-state index contributed by atoms with van der Waals surface area (Å²) in [6.07, 6.45) is 1.75. The molecule has 1 aromatic heterocycles. The van der Waals surface area contributed by atoms with Crippen LogP contribution >= 0.6 is 15.9 Å². The van der Waals surface area contributed by atoms with Gasteiger partial charge in [-0.3, -0.25) is 0 Å². The van der Waals surface area contributed by atoms with Gasteiger partial charge in [0.2, 0.25) is 0 Å². The first-order chi connectivity index (χ1) is 7.33. The van der Waals surface area contributed by atoms with Crippen LogP contribution in [0.2, 0.25) is 0 Å². The van der Waals surface area contributed by atoms with Crippen molar-refractivity contribution in [1.29, 1.82) is 0 Å². The number of para-hydroxylation sites is 1. The minimum absolute atomic E-state index is 0.828. The van der Waals surface area contributed by atoms with Crippen molar-refractivity contribution in [2.75, 3.05) is 7.11 Å². The molecule has 3 heteroatoms. The van der Waals surface area contributed by atoms with E-state index in [2.05, 4.69) is 20.9 Å². The molecule has 0 radical (unpaired) electrons. The molecule has 76 valence electrons. The highest BCUT2D eigenvalue weighted by atomic mass is 79.9. The van der Waals surface area contributed by atoms with Crippen LogP contribution in [-0.4, -0.2) is 12.1 Å². The van der Waals surface area contributed by atoms with Gasteiger partial charge in [-0.2, -0.15) is 0 Å². The van der Waals surface area contributed by atoms with Crippen molar-refractivity contribution in [2.45, 2.75) is 0 Å². The van der Waals surface area contributed by atoms with Crippen LogP contribution in [0.4, 0.5) is 0 Å². The molecule has 2 rings (SSSR count). The quantitative estimate of drug-likeness (QED) is 0.774. The number of halogens is 1. The zero-order chi connectivity index (χ0) is 10.7. The molecule has 0 spiro atoms. The minimum atomic E-state index is 0.828. The SMILES string of the molecule is COc1ccccc1-c1cccnc1Br. The van der Waals surface area contributed by atoms with Gasteiger partial charge in [-0.15, -0.1) is 0 Å². The maximum absolute atomic E-state index is 5.31. The Kier molecular flexibility index (Phi) is 3.02. The highest BCUT2D eigenvalue weighted by Gasteiger charge is 2.07. The zero-order valence-corrected chi connectivity index (χ0v) is 9.86. The number of rotatable bonds is 2. The fourth-order valence-electron chi connectivity index (χ4n) is 1.45. The first kappa shape index (κ1) is 10.2. The Bertz CT molecular complexity index is 471. The lowest BCUT2D eigenvalue weighted by Crippen LogP contribution is -1.88. The van der Waals surface area contributed by atoms with E-state index in [0.29, 0.717) is 0 Å². The molecule has 1 aromatic carbocycles. The highest BCUT2D eigenvalue weighted by molar-refractivity contribution is 9.10. The Morgan fingerprint density at radius 2 is 1.80 bits per heavy atom. The average Bonchev–Trinajstić information content (AvgIpc) is 2.30. The Hall–Kier alpha value is -1.35. The predicted octanol–water partition coefficient (Wildman–Crippen LogP) is 3.52. The van der Waals surface area contributed by atoms with E-state index < -0.39 is 0 Å². The molecular weight excluding hydrogens is 254 g/mol. The van der Waals surface area contributed by atoms with Crippen LogP contribution in [0.25, 0.3) is 11.1 Å². The molecular formula is C12H10BrNO. The average molecular weight is 264 g/mol. The van der Waals surface area contributed by atoms with Gasteiger partial charge in [0.1, 0.15) is 10.4 Å². The summed E-state index contributed by atoms with van der Waals surface area (Å²) in [5.74, 6) is 0.853. The van der Waals surface area contributed by atoms with Crippen molar-refractivity contribution in [2.24, 2.45) is 0 Å². The van der Waals surface area contributed by atoms with Crippen LogP contribution in [0.1, 0.15) is 0 Å². The first-order valence-corrected chi connectivity index (χ1v) is 5.36. The van der Waals surface area contributed by atoms with Crippen LogP contribution in [0, 0.1) is 0 Å². The van der Waals surface area contributed by atoms with Crippen LogP contribution in [0.5, 0.6) is 5.75 Å². The molecule has 0 bridgehead atoms. The maximum Gasteiger partial charge on any atom is 0.126 e. The first-order valence-electron chi connectivity index (χ1n) is 4.57. The van der Waals surface area contributed by atoms with Crippen LogP contribution in [0.15, 0.2) is 47.2 Å². The zero-order valence-electron chi connectivity index (χ0n) is 8.27. The summed E-state index contributed by atoms with van der Waals surface area (Å²) >= 11 is 3.43. The van der Waals surface area contributed by atoms with Gasteiger partial charge in [-0.05, 0) is 34.1 Å². The molecule has 0 aliphatic heterocycles. The number of nitrogens with zero attached hydrogens (tertiary/aromatic N) is 1. The van der Waals surface area contributed by atoms with E-state index in [9.17, 15) is 0 Å². The van der Waals surface area contributed by atoms with Gasteiger partial charge < -0.3 is 4.74 Å². The van der Waals surface area contributed by atoms with Crippen molar-refractivity contribution < 1.29 is 4.74 Å². The summed E-state index contributed by atoms with van der Waals surface area (Å²) in [7, 11) is 1.67. The molecule has 0 saturated heterocycles. The van der Waals surface area contributed by atoms with Gasteiger partial charge in [0.15, 0.2) is 0 Å². The largest absolute Gasteiger partial charge is 0.496 e. The standard InChI is InChI=1S/C12H10BrNO/c1-15-11-7-3-2-5-9(11)10-6-4-8-14-12(10)13/h2-8H,1H3. The number of benzene rings is 1. The summed E-state index contributed by atoms with van der Waals surface area (Å²) in [5.41, 5.74) is 2.08. The summed E-state index contributed by atoms with van der Waals surface area (Å²) in [4.78, 5) is 4.19. The lowest BCUT2D eigenvalue weighted by molar-refractivity contribution is 0.416. The third kappa shape index (κ3) is 2.02. The molecule has 2 nitrogen and oxygen atoms in total. The third-order valence-corrected chi connectivity index (χ3v) is 2.79. The Morgan fingerprint density at radius 1 is 1.07 bits per heavy atom. The lowest BCUT2D eigenvalue weighted by Gasteiger charge is -2.08. The van der Waals surface area contributed by atoms with Gasteiger partial charge in [-0.25, -0.2) is 4.98 Å². The van der Waals surface area contributed by atoms with Crippen LogP contribution in [-0.2, 0) is 0 Å². The molecule has 0 fully saturated rings. The van der Waals surface area contributed by atoms with Crippen molar-refractivity contribution in [1.82, 2.24) is 4.98 Å². The third-order valence-electron chi connectivity index (χ3n) is 2.16. The topological polar surface area (TPSA) is 22.1 Å². The molecule has 0 aliphatic carbocycles. The molecule has 0 N–H and O–H groups in total. The monoisotopic (exact) mass is 263 g/mol. The Labute approximate surface area is 97.1 Å². The number of hydrogen-bond acceptors (Lipinski definition) is 2. The fraction of sp³-hybridized carbons (Fsp3) is 0.0833. The van der Waals surface area contributed by atoms with Gasteiger partial charge >= 0.3 is 0 Å². The number of ether oxygens (including phenoxy) is 1. The normalized spacial score (nSPS) is 10.0. The molecule has 2 aromatic rings. The Morgan fingerprint density at radius 3 is 2.53 bits per heavy atom. The predicted molar refractivity (Wildman–Crippen MR) is 63.9 cm³/mol. The van der Waals surface area contributed by atoms with Crippen molar-refractivity contribution >= 4 is 15.9 Å². The van der Waals surface area contributed by atoms with E-state index in [4.69, 9.17) is 4.74 Å². The fourth-order valence-corrected chi connectivity index (χ4v) is 1.92. The van der Waals surface area contributed by atoms with E-state index in [1.54, 1.807) is 13.3 Å². The molecule has 0 saturated carbocycles. The lowest BCUT2D eigenvalue weighted by atomic mass is 10.1. The van der Waals surface area contributed by atoms with Gasteiger partial charge in [0.05, 0.1) is 7.11 Å². The summed E-state index contributed by atoms with van der Waals surface area (Å²) in [6.45, 7) is 0. The van der Waals surface area contributed by atoms with Crippen molar-refractivity contribution in [3.05, 3.63) is 47.2 Å². The smallest absolute Gasteiger partial charge is 0.126 e. The van der Waals surface area contributed by atoms with Gasteiger partial charge in [0, 0.05) is 17.3 Å². The number of methoxy groups -OCH3 is 1. The van der Waals surface area contributed by atoms with Gasteiger partial charge in [-0.1, -0.05) is 18.2 Å². The molecule has 0 atom stereocenters.